The van der Waals surface area contributed by atoms with E-state index in [1.54, 1.807) is 0 Å². The third-order valence-electron chi connectivity index (χ3n) is 4.08. The maximum absolute atomic E-state index is 5.87. The first-order chi connectivity index (χ1) is 12.1. The summed E-state index contributed by atoms with van der Waals surface area (Å²) >= 11 is 0. The minimum absolute atomic E-state index is 0.115. The lowest BCUT2D eigenvalue weighted by Gasteiger charge is -2.16. The van der Waals surface area contributed by atoms with E-state index in [9.17, 15) is 0 Å². The van der Waals surface area contributed by atoms with Crippen molar-refractivity contribution < 1.29 is 9.26 Å². The molecule has 1 unspecified atom stereocenters. The van der Waals surface area contributed by atoms with E-state index in [1.165, 1.54) is 5.56 Å². The molecule has 1 heterocycles. The fourth-order valence-electron chi connectivity index (χ4n) is 2.84. The standard InChI is InChI=1S/C21H24N2O2/c1-15(2)13-20(21-22-16(3)23-25-21)18-9-11-19(12-10-18)24-14-17-7-5-4-6-8-17/h4-12,15,20H,13-14H2,1-3H3. The Morgan fingerprint density at radius 3 is 2.32 bits per heavy atom. The maximum atomic E-state index is 5.87. The monoisotopic (exact) mass is 336 g/mol. The minimum atomic E-state index is 0.115. The number of hydrogen-bond acceptors (Lipinski definition) is 4. The van der Waals surface area contributed by atoms with E-state index in [0.717, 1.165) is 17.7 Å². The number of benzene rings is 2. The Morgan fingerprint density at radius 1 is 1.00 bits per heavy atom. The van der Waals surface area contributed by atoms with Gasteiger partial charge in [-0.2, -0.15) is 4.98 Å². The summed E-state index contributed by atoms with van der Waals surface area (Å²) in [6.07, 6.45) is 0.964. The third-order valence-corrected chi connectivity index (χ3v) is 4.08. The molecule has 0 aliphatic heterocycles. The average Bonchev–Trinajstić information content (AvgIpc) is 3.05. The Balaban J connectivity index is 1.72. The number of rotatable bonds is 7. The molecule has 25 heavy (non-hydrogen) atoms. The van der Waals surface area contributed by atoms with Crippen LogP contribution in [0, 0.1) is 12.8 Å². The third kappa shape index (κ3) is 4.69. The molecular formula is C21H24N2O2. The molecule has 0 fully saturated rings. The van der Waals surface area contributed by atoms with Gasteiger partial charge in [-0.15, -0.1) is 0 Å². The van der Waals surface area contributed by atoms with Crippen molar-refractivity contribution in [2.24, 2.45) is 5.92 Å². The largest absolute Gasteiger partial charge is 0.489 e. The van der Waals surface area contributed by atoms with Crippen LogP contribution in [0.2, 0.25) is 0 Å². The molecule has 4 heteroatoms. The van der Waals surface area contributed by atoms with Crippen molar-refractivity contribution in [2.45, 2.75) is 39.7 Å². The zero-order valence-corrected chi connectivity index (χ0v) is 15.0. The van der Waals surface area contributed by atoms with Gasteiger partial charge in [0, 0.05) is 0 Å². The Bertz CT molecular complexity index is 779. The van der Waals surface area contributed by atoms with Crippen LogP contribution in [0.1, 0.15) is 49.0 Å². The predicted molar refractivity (Wildman–Crippen MR) is 97.5 cm³/mol. The summed E-state index contributed by atoms with van der Waals surface area (Å²) < 4.78 is 11.3. The Morgan fingerprint density at radius 2 is 1.72 bits per heavy atom. The molecule has 2 aromatic carbocycles. The van der Waals surface area contributed by atoms with Crippen molar-refractivity contribution >= 4 is 0 Å². The lowest BCUT2D eigenvalue weighted by atomic mass is 9.90. The zero-order chi connectivity index (χ0) is 17.6. The van der Waals surface area contributed by atoms with E-state index < -0.39 is 0 Å². The van der Waals surface area contributed by atoms with Gasteiger partial charge < -0.3 is 9.26 Å². The van der Waals surface area contributed by atoms with E-state index in [-0.39, 0.29) is 5.92 Å². The lowest BCUT2D eigenvalue weighted by molar-refractivity contribution is 0.306. The molecule has 0 N–H and O–H groups in total. The number of aromatic nitrogens is 2. The second-order valence-corrected chi connectivity index (χ2v) is 6.71. The zero-order valence-electron chi connectivity index (χ0n) is 15.0. The summed E-state index contributed by atoms with van der Waals surface area (Å²) in [5.74, 6) is 2.86. The van der Waals surface area contributed by atoms with E-state index in [1.807, 2.05) is 37.3 Å². The molecule has 0 aliphatic rings. The first-order valence-corrected chi connectivity index (χ1v) is 8.68. The highest BCUT2D eigenvalue weighted by Crippen LogP contribution is 2.31. The maximum Gasteiger partial charge on any atom is 0.234 e. The summed E-state index contributed by atoms with van der Waals surface area (Å²) in [4.78, 5) is 4.43. The molecule has 0 amide bonds. The van der Waals surface area contributed by atoms with Crippen LogP contribution in [0.4, 0.5) is 0 Å². The van der Waals surface area contributed by atoms with Crippen molar-refractivity contribution in [3.63, 3.8) is 0 Å². The van der Waals surface area contributed by atoms with Gasteiger partial charge in [-0.25, -0.2) is 0 Å². The SMILES string of the molecule is Cc1noc(C(CC(C)C)c2ccc(OCc3ccccc3)cc2)n1. The van der Waals surface area contributed by atoms with Crippen LogP contribution in [-0.2, 0) is 6.61 Å². The van der Waals surface area contributed by atoms with Crippen LogP contribution in [0.25, 0.3) is 0 Å². The first-order valence-electron chi connectivity index (χ1n) is 8.68. The number of hydrogen-bond donors (Lipinski definition) is 0. The van der Waals surface area contributed by atoms with Gasteiger partial charge in [0.05, 0.1) is 5.92 Å². The van der Waals surface area contributed by atoms with Gasteiger partial charge in [-0.1, -0.05) is 61.5 Å². The van der Waals surface area contributed by atoms with Gasteiger partial charge in [-0.3, -0.25) is 0 Å². The van der Waals surface area contributed by atoms with Crippen LogP contribution < -0.4 is 4.74 Å². The van der Waals surface area contributed by atoms with E-state index in [0.29, 0.717) is 24.2 Å². The minimum Gasteiger partial charge on any atom is -0.489 e. The highest BCUT2D eigenvalue weighted by molar-refractivity contribution is 5.32. The van der Waals surface area contributed by atoms with Gasteiger partial charge in [0.25, 0.3) is 0 Å². The lowest BCUT2D eigenvalue weighted by Crippen LogP contribution is -2.06. The van der Waals surface area contributed by atoms with Gasteiger partial charge >= 0.3 is 0 Å². The van der Waals surface area contributed by atoms with Crippen molar-refractivity contribution in [1.29, 1.82) is 0 Å². The molecule has 3 rings (SSSR count). The molecule has 0 bridgehead atoms. The fourth-order valence-corrected chi connectivity index (χ4v) is 2.84. The Hall–Kier alpha value is -2.62. The molecule has 0 saturated carbocycles. The molecule has 0 aliphatic carbocycles. The fraction of sp³-hybridized carbons (Fsp3) is 0.333. The summed E-state index contributed by atoms with van der Waals surface area (Å²) in [5.41, 5.74) is 2.33. The van der Waals surface area contributed by atoms with E-state index in [2.05, 4.69) is 48.3 Å². The van der Waals surface area contributed by atoms with Gasteiger partial charge in [0.15, 0.2) is 5.82 Å². The second-order valence-electron chi connectivity index (χ2n) is 6.71. The van der Waals surface area contributed by atoms with Crippen molar-refractivity contribution in [3.8, 4) is 5.75 Å². The van der Waals surface area contributed by atoms with Crippen LogP contribution in [0.5, 0.6) is 5.75 Å². The second kappa shape index (κ2) is 7.97. The highest BCUT2D eigenvalue weighted by Gasteiger charge is 2.21. The normalized spacial score (nSPS) is 12.3. The summed E-state index contributed by atoms with van der Waals surface area (Å²) in [7, 11) is 0. The van der Waals surface area contributed by atoms with Gasteiger partial charge in [0.1, 0.15) is 12.4 Å². The van der Waals surface area contributed by atoms with E-state index >= 15 is 0 Å². The number of ether oxygens (including phenoxy) is 1. The Kier molecular flexibility index (Phi) is 5.49. The van der Waals surface area contributed by atoms with Crippen LogP contribution in [0.15, 0.2) is 59.1 Å². The molecule has 130 valence electrons. The summed E-state index contributed by atoms with van der Waals surface area (Å²) in [6.45, 7) is 6.82. The van der Waals surface area contributed by atoms with Gasteiger partial charge in [-0.05, 0) is 42.5 Å². The Labute approximate surface area is 148 Å². The van der Waals surface area contributed by atoms with E-state index in [4.69, 9.17) is 9.26 Å². The average molecular weight is 336 g/mol. The number of nitrogens with zero attached hydrogens (tertiary/aromatic N) is 2. The molecule has 4 nitrogen and oxygen atoms in total. The highest BCUT2D eigenvalue weighted by atomic mass is 16.5. The van der Waals surface area contributed by atoms with Gasteiger partial charge in [0.2, 0.25) is 5.89 Å². The van der Waals surface area contributed by atoms with Crippen molar-refractivity contribution in [2.75, 3.05) is 0 Å². The van der Waals surface area contributed by atoms with Crippen molar-refractivity contribution in [3.05, 3.63) is 77.4 Å². The van der Waals surface area contributed by atoms with Crippen LogP contribution >= 0.6 is 0 Å². The molecule has 3 aromatic rings. The summed E-state index contributed by atoms with van der Waals surface area (Å²) in [6, 6.07) is 18.4. The molecule has 0 spiro atoms. The smallest absolute Gasteiger partial charge is 0.234 e. The first kappa shape index (κ1) is 17.2. The van der Waals surface area contributed by atoms with Crippen LogP contribution in [0.3, 0.4) is 0 Å². The molecule has 0 saturated heterocycles. The molecule has 0 radical (unpaired) electrons. The van der Waals surface area contributed by atoms with Crippen molar-refractivity contribution in [1.82, 2.24) is 10.1 Å². The summed E-state index contributed by atoms with van der Waals surface area (Å²) in [5, 5.41) is 3.94. The molecular weight excluding hydrogens is 312 g/mol. The molecule has 1 aromatic heterocycles. The van der Waals surface area contributed by atoms with Crippen LogP contribution in [-0.4, -0.2) is 10.1 Å². The molecule has 1 atom stereocenters. The topological polar surface area (TPSA) is 48.2 Å². The quantitative estimate of drug-likeness (QED) is 0.600. The predicted octanol–water partition coefficient (Wildman–Crippen LogP) is 5.14. The number of aryl methyl sites for hydroxylation is 1.